The summed E-state index contributed by atoms with van der Waals surface area (Å²) in [6.45, 7) is 1.17. The Balaban J connectivity index is 1.54. The van der Waals surface area contributed by atoms with Gasteiger partial charge in [-0.25, -0.2) is 4.79 Å². The number of benzene rings is 1. The lowest BCUT2D eigenvalue weighted by Gasteiger charge is -2.29. The van der Waals surface area contributed by atoms with E-state index in [-0.39, 0.29) is 12.7 Å². The zero-order valence-corrected chi connectivity index (χ0v) is 14.6. The minimum Gasteiger partial charge on any atom is -0.465 e. The Hall–Kier alpha value is -2.26. The summed E-state index contributed by atoms with van der Waals surface area (Å²) in [5.41, 5.74) is 0.753. The van der Waals surface area contributed by atoms with E-state index in [4.69, 9.17) is 14.4 Å². The molecule has 0 radical (unpaired) electrons. The van der Waals surface area contributed by atoms with Crippen LogP contribution >= 0.6 is 0 Å². The molecule has 3 rings (SSSR count). The number of hydrogen-bond acceptors (Lipinski definition) is 6. The molecule has 1 N–H and O–H groups in total. The molecule has 0 spiro atoms. The van der Waals surface area contributed by atoms with Crippen LogP contribution in [0.15, 0.2) is 33.7 Å². The highest BCUT2D eigenvalue weighted by Gasteiger charge is 2.23. The fraction of sp³-hybridized carbons (Fsp3) is 0.438. The van der Waals surface area contributed by atoms with Gasteiger partial charge in [0.15, 0.2) is 5.82 Å². The maximum Gasteiger partial charge on any atom is 0.407 e. The third-order valence-corrected chi connectivity index (χ3v) is 5.00. The fourth-order valence-electron chi connectivity index (χ4n) is 2.63. The van der Waals surface area contributed by atoms with E-state index in [0.717, 1.165) is 10.5 Å². The van der Waals surface area contributed by atoms with E-state index < -0.39 is 16.9 Å². The fourth-order valence-corrected chi connectivity index (χ4v) is 3.14. The molecule has 1 saturated heterocycles. The highest BCUT2D eigenvalue weighted by atomic mass is 32.2. The van der Waals surface area contributed by atoms with Crippen molar-refractivity contribution in [3.05, 3.63) is 30.1 Å². The molecule has 0 saturated carbocycles. The van der Waals surface area contributed by atoms with E-state index in [1.807, 2.05) is 0 Å². The molecular formula is C16H19N3O5S. The van der Waals surface area contributed by atoms with Crippen molar-refractivity contribution in [1.82, 2.24) is 15.0 Å². The zero-order chi connectivity index (χ0) is 17.8. The Morgan fingerprint density at radius 2 is 2.04 bits per heavy atom. The van der Waals surface area contributed by atoms with Gasteiger partial charge in [0.2, 0.25) is 0 Å². The van der Waals surface area contributed by atoms with Gasteiger partial charge < -0.3 is 19.3 Å². The molecule has 8 nitrogen and oxygen atoms in total. The van der Waals surface area contributed by atoms with E-state index >= 15 is 0 Å². The number of ether oxygens (including phenoxy) is 1. The lowest BCUT2D eigenvalue weighted by atomic mass is 10.1. The molecular weight excluding hydrogens is 346 g/mol. The van der Waals surface area contributed by atoms with Crippen LogP contribution in [0.2, 0.25) is 0 Å². The molecule has 25 heavy (non-hydrogen) atoms. The number of rotatable bonds is 5. The first-order valence-corrected chi connectivity index (χ1v) is 9.44. The average molecular weight is 365 g/mol. The number of nitrogens with zero attached hydrogens (tertiary/aromatic N) is 3. The minimum atomic E-state index is -1.03. The Morgan fingerprint density at radius 1 is 1.36 bits per heavy atom. The predicted molar refractivity (Wildman–Crippen MR) is 89.5 cm³/mol. The maximum absolute atomic E-state index is 11.4. The minimum absolute atomic E-state index is 0.00336. The Morgan fingerprint density at radius 3 is 2.64 bits per heavy atom. The average Bonchev–Trinajstić information content (AvgIpc) is 3.09. The van der Waals surface area contributed by atoms with Gasteiger partial charge in [0, 0.05) is 40.6 Å². The van der Waals surface area contributed by atoms with Crippen LogP contribution in [0.4, 0.5) is 4.79 Å². The Labute approximate surface area is 147 Å². The Bertz CT molecular complexity index is 753. The summed E-state index contributed by atoms with van der Waals surface area (Å²) in [4.78, 5) is 17.3. The van der Waals surface area contributed by atoms with E-state index in [2.05, 4.69) is 10.1 Å². The monoisotopic (exact) mass is 365 g/mol. The second-order valence-corrected chi connectivity index (χ2v) is 7.15. The van der Waals surface area contributed by atoms with Gasteiger partial charge in [-0.3, -0.25) is 4.21 Å². The molecule has 0 aliphatic carbocycles. The molecule has 2 heterocycles. The van der Waals surface area contributed by atoms with Gasteiger partial charge in [-0.05, 0) is 37.1 Å². The first-order valence-electron chi connectivity index (χ1n) is 7.89. The number of hydrogen-bond donors (Lipinski definition) is 1. The maximum atomic E-state index is 11.4. The molecule has 1 atom stereocenters. The molecule has 1 aliphatic heterocycles. The van der Waals surface area contributed by atoms with Crippen molar-refractivity contribution >= 4 is 16.9 Å². The lowest BCUT2D eigenvalue weighted by molar-refractivity contribution is -0.00294. The van der Waals surface area contributed by atoms with Crippen LogP contribution in [0.5, 0.6) is 0 Å². The summed E-state index contributed by atoms with van der Waals surface area (Å²) >= 11 is 0. The zero-order valence-electron chi connectivity index (χ0n) is 13.8. The Kier molecular flexibility index (Phi) is 5.44. The van der Waals surface area contributed by atoms with Crippen molar-refractivity contribution in [2.75, 3.05) is 19.3 Å². The van der Waals surface area contributed by atoms with Crippen LogP contribution in [0.3, 0.4) is 0 Å². The van der Waals surface area contributed by atoms with Gasteiger partial charge in [0.1, 0.15) is 6.61 Å². The predicted octanol–water partition coefficient (Wildman–Crippen LogP) is 2.13. The number of likely N-dealkylation sites (tertiary alicyclic amines) is 1. The molecule has 2 aromatic rings. The summed E-state index contributed by atoms with van der Waals surface area (Å²) in [7, 11) is -1.03. The van der Waals surface area contributed by atoms with E-state index in [0.29, 0.717) is 37.6 Å². The smallest absolute Gasteiger partial charge is 0.407 e. The normalized spacial score (nSPS) is 16.8. The van der Waals surface area contributed by atoms with E-state index in [1.54, 1.807) is 30.5 Å². The number of amides is 1. The first kappa shape index (κ1) is 17.6. The van der Waals surface area contributed by atoms with Gasteiger partial charge in [0.25, 0.3) is 5.89 Å². The molecule has 9 heteroatoms. The lowest BCUT2D eigenvalue weighted by Crippen LogP contribution is -2.40. The summed E-state index contributed by atoms with van der Waals surface area (Å²) in [5.74, 6) is 0.826. The second kappa shape index (κ2) is 7.75. The van der Waals surface area contributed by atoms with Crippen molar-refractivity contribution in [1.29, 1.82) is 0 Å². The molecule has 1 aromatic carbocycles. The van der Waals surface area contributed by atoms with Crippen molar-refractivity contribution in [3.63, 3.8) is 0 Å². The van der Waals surface area contributed by atoms with Crippen LogP contribution in [0.1, 0.15) is 18.7 Å². The van der Waals surface area contributed by atoms with Crippen molar-refractivity contribution in [2.45, 2.75) is 30.4 Å². The molecule has 1 aliphatic rings. The SMILES string of the molecule is CS(=O)c1ccc(-c2nc(COC3CCN(C(=O)O)CC3)no2)cc1. The summed E-state index contributed by atoms with van der Waals surface area (Å²) in [6.07, 6.45) is 2.05. The largest absolute Gasteiger partial charge is 0.465 e. The van der Waals surface area contributed by atoms with Crippen molar-refractivity contribution in [3.8, 4) is 11.5 Å². The van der Waals surface area contributed by atoms with Gasteiger partial charge in [-0.2, -0.15) is 4.98 Å². The third kappa shape index (κ3) is 4.43. The summed E-state index contributed by atoms with van der Waals surface area (Å²) < 4.78 is 22.4. The van der Waals surface area contributed by atoms with Crippen LogP contribution in [-0.4, -0.2) is 55.9 Å². The van der Waals surface area contributed by atoms with E-state index in [1.165, 1.54) is 4.90 Å². The molecule has 134 valence electrons. The highest BCUT2D eigenvalue weighted by molar-refractivity contribution is 7.84. The van der Waals surface area contributed by atoms with Crippen LogP contribution in [0.25, 0.3) is 11.5 Å². The van der Waals surface area contributed by atoms with Gasteiger partial charge in [-0.15, -0.1) is 0 Å². The van der Waals surface area contributed by atoms with Crippen LogP contribution < -0.4 is 0 Å². The molecule has 1 unspecified atom stereocenters. The van der Waals surface area contributed by atoms with Gasteiger partial charge in [0.05, 0.1) is 6.10 Å². The molecule has 1 amide bonds. The van der Waals surface area contributed by atoms with Crippen LogP contribution in [0, 0.1) is 0 Å². The summed E-state index contributed by atoms with van der Waals surface area (Å²) in [5, 5.41) is 12.8. The van der Waals surface area contributed by atoms with Crippen LogP contribution in [-0.2, 0) is 22.1 Å². The topological polar surface area (TPSA) is 106 Å². The standard InChI is InChI=1S/C16H19N3O5S/c1-25(22)13-4-2-11(3-5-13)15-17-14(18-24-15)10-23-12-6-8-19(9-7-12)16(20)21/h2-5,12H,6-10H2,1H3,(H,20,21). The highest BCUT2D eigenvalue weighted by Crippen LogP contribution is 2.20. The summed E-state index contributed by atoms with van der Waals surface area (Å²) in [6, 6.07) is 7.11. The second-order valence-electron chi connectivity index (χ2n) is 5.77. The molecule has 1 fully saturated rings. The third-order valence-electron chi connectivity index (χ3n) is 4.06. The van der Waals surface area contributed by atoms with E-state index in [9.17, 15) is 9.00 Å². The van der Waals surface area contributed by atoms with Gasteiger partial charge in [-0.1, -0.05) is 5.16 Å². The number of carbonyl (C=O) groups is 1. The number of carboxylic acid groups (broad SMARTS) is 1. The number of aromatic nitrogens is 2. The van der Waals surface area contributed by atoms with Crippen molar-refractivity contribution < 1.29 is 23.4 Å². The quantitative estimate of drug-likeness (QED) is 0.865. The first-order chi connectivity index (χ1) is 12.0. The molecule has 0 bridgehead atoms. The van der Waals surface area contributed by atoms with Gasteiger partial charge >= 0.3 is 6.09 Å². The molecule has 1 aromatic heterocycles. The number of piperidine rings is 1. The van der Waals surface area contributed by atoms with Crippen molar-refractivity contribution in [2.24, 2.45) is 0 Å².